The van der Waals surface area contributed by atoms with E-state index in [4.69, 9.17) is 0 Å². The topological polar surface area (TPSA) is 79.8 Å². The summed E-state index contributed by atoms with van der Waals surface area (Å²) in [5.74, 6) is 0. The molecule has 0 aliphatic rings. The SMILES string of the molecule is CCC(CC)(c1ccc2c(c1)ncn2C)c1c[nH]c2c(NS(C)(=O)=O)cccc12. The molecule has 2 heterocycles. The average molecular weight is 411 g/mol. The lowest BCUT2D eigenvalue weighted by Gasteiger charge is -2.32. The molecule has 0 amide bonds. The third-order valence-corrected chi connectivity index (χ3v) is 6.60. The number of nitrogens with zero attached hydrogens (tertiary/aromatic N) is 2. The molecule has 0 saturated carbocycles. The Morgan fingerprint density at radius 3 is 2.62 bits per heavy atom. The molecule has 0 spiro atoms. The maximum absolute atomic E-state index is 11.8. The number of aromatic amines is 1. The Hall–Kier alpha value is -2.80. The number of hydrogen-bond donors (Lipinski definition) is 2. The molecule has 0 bridgehead atoms. The second-order valence-corrected chi connectivity index (χ2v) is 9.40. The Morgan fingerprint density at radius 2 is 1.93 bits per heavy atom. The summed E-state index contributed by atoms with van der Waals surface area (Å²) in [6.45, 7) is 4.40. The van der Waals surface area contributed by atoms with E-state index >= 15 is 0 Å². The predicted molar refractivity (Wildman–Crippen MR) is 119 cm³/mol. The van der Waals surface area contributed by atoms with Gasteiger partial charge in [-0.3, -0.25) is 4.72 Å². The van der Waals surface area contributed by atoms with Gasteiger partial charge in [0.05, 0.1) is 34.8 Å². The van der Waals surface area contributed by atoms with E-state index in [1.54, 1.807) is 6.07 Å². The molecule has 2 aromatic heterocycles. The fourth-order valence-corrected chi connectivity index (χ4v) is 5.03. The van der Waals surface area contributed by atoms with Gasteiger partial charge in [-0.15, -0.1) is 0 Å². The van der Waals surface area contributed by atoms with Gasteiger partial charge in [0.15, 0.2) is 0 Å². The first-order valence-corrected chi connectivity index (χ1v) is 11.7. The van der Waals surface area contributed by atoms with Gasteiger partial charge in [0.1, 0.15) is 0 Å². The summed E-state index contributed by atoms with van der Waals surface area (Å²) >= 11 is 0. The van der Waals surface area contributed by atoms with Crippen LogP contribution in [-0.2, 0) is 22.5 Å². The molecular weight excluding hydrogens is 384 g/mol. The highest BCUT2D eigenvalue weighted by atomic mass is 32.2. The number of aryl methyl sites for hydroxylation is 1. The summed E-state index contributed by atoms with van der Waals surface area (Å²) in [6.07, 6.45) is 6.85. The van der Waals surface area contributed by atoms with Crippen molar-refractivity contribution in [3.8, 4) is 0 Å². The van der Waals surface area contributed by atoms with E-state index in [1.807, 2.05) is 36.3 Å². The van der Waals surface area contributed by atoms with Gasteiger partial charge in [-0.05, 0) is 42.2 Å². The van der Waals surface area contributed by atoms with Gasteiger partial charge in [-0.1, -0.05) is 32.0 Å². The van der Waals surface area contributed by atoms with Crippen molar-refractivity contribution in [2.24, 2.45) is 7.05 Å². The quantitative estimate of drug-likeness (QED) is 0.490. The first-order valence-electron chi connectivity index (χ1n) is 9.79. The fourth-order valence-electron chi connectivity index (χ4n) is 4.46. The van der Waals surface area contributed by atoms with Crippen molar-refractivity contribution < 1.29 is 8.42 Å². The lowest BCUT2D eigenvalue weighted by Crippen LogP contribution is -2.25. The van der Waals surface area contributed by atoms with Crippen LogP contribution in [0.3, 0.4) is 0 Å². The second-order valence-electron chi connectivity index (χ2n) is 7.65. The molecule has 0 unspecified atom stereocenters. The van der Waals surface area contributed by atoms with Crippen molar-refractivity contribution in [2.75, 3.05) is 11.0 Å². The summed E-state index contributed by atoms with van der Waals surface area (Å²) in [4.78, 5) is 7.86. The fraction of sp³-hybridized carbons (Fsp3) is 0.318. The van der Waals surface area contributed by atoms with E-state index in [9.17, 15) is 8.42 Å². The minimum absolute atomic E-state index is 0.201. The molecule has 4 rings (SSSR count). The van der Waals surface area contributed by atoms with Gasteiger partial charge in [0.2, 0.25) is 10.0 Å². The Labute approximate surface area is 171 Å². The van der Waals surface area contributed by atoms with E-state index in [-0.39, 0.29) is 5.41 Å². The standard InChI is InChI=1S/C22H26N4O2S/c1-5-22(6-2,15-10-11-20-19(12-15)24-14-26(20)3)17-13-23-21-16(17)8-7-9-18(21)25-29(4,27)28/h7-14,23,25H,5-6H2,1-4H3. The number of sulfonamides is 1. The third-order valence-electron chi connectivity index (χ3n) is 6.01. The molecular formula is C22H26N4O2S. The van der Waals surface area contributed by atoms with Crippen molar-refractivity contribution in [1.29, 1.82) is 0 Å². The van der Waals surface area contributed by atoms with E-state index in [1.165, 1.54) is 17.4 Å². The highest BCUT2D eigenvalue weighted by molar-refractivity contribution is 7.92. The molecule has 0 aliphatic heterocycles. The average Bonchev–Trinajstić information content (AvgIpc) is 3.28. The highest BCUT2D eigenvalue weighted by Gasteiger charge is 2.33. The van der Waals surface area contributed by atoms with Crippen molar-refractivity contribution in [3.05, 3.63) is 60.0 Å². The van der Waals surface area contributed by atoms with Crippen molar-refractivity contribution in [1.82, 2.24) is 14.5 Å². The predicted octanol–water partition coefficient (Wildman–Crippen LogP) is 4.53. The van der Waals surface area contributed by atoms with Crippen molar-refractivity contribution in [3.63, 3.8) is 0 Å². The van der Waals surface area contributed by atoms with Gasteiger partial charge in [-0.2, -0.15) is 0 Å². The number of imidazole rings is 1. The van der Waals surface area contributed by atoms with Gasteiger partial charge >= 0.3 is 0 Å². The molecule has 152 valence electrons. The first-order chi connectivity index (χ1) is 13.8. The second kappa shape index (κ2) is 6.91. The monoisotopic (exact) mass is 410 g/mol. The van der Waals surface area contributed by atoms with Crippen LogP contribution in [0, 0.1) is 0 Å². The molecule has 0 aliphatic carbocycles. The Kier molecular flexibility index (Phi) is 4.65. The van der Waals surface area contributed by atoms with E-state index in [0.29, 0.717) is 5.69 Å². The number of hydrogen-bond acceptors (Lipinski definition) is 3. The van der Waals surface area contributed by atoms with Crippen LogP contribution in [0.5, 0.6) is 0 Å². The van der Waals surface area contributed by atoms with E-state index < -0.39 is 10.0 Å². The minimum atomic E-state index is -3.36. The van der Waals surface area contributed by atoms with E-state index in [0.717, 1.165) is 34.8 Å². The number of nitrogens with one attached hydrogen (secondary N) is 2. The lowest BCUT2D eigenvalue weighted by molar-refractivity contribution is 0.482. The maximum Gasteiger partial charge on any atom is 0.229 e. The third kappa shape index (κ3) is 3.19. The van der Waals surface area contributed by atoms with Crippen LogP contribution < -0.4 is 4.72 Å². The molecule has 29 heavy (non-hydrogen) atoms. The first kappa shape index (κ1) is 19.5. The summed E-state index contributed by atoms with van der Waals surface area (Å²) in [5.41, 5.74) is 5.65. The minimum Gasteiger partial charge on any atom is -0.359 e. The Balaban J connectivity index is 1.93. The van der Waals surface area contributed by atoms with Gasteiger partial charge < -0.3 is 9.55 Å². The zero-order valence-corrected chi connectivity index (χ0v) is 18.0. The molecule has 4 aromatic rings. The number of benzene rings is 2. The van der Waals surface area contributed by atoms with Crippen LogP contribution in [-0.4, -0.2) is 29.2 Å². The van der Waals surface area contributed by atoms with Crippen LogP contribution >= 0.6 is 0 Å². The van der Waals surface area contributed by atoms with Crippen LogP contribution in [0.2, 0.25) is 0 Å². The van der Waals surface area contributed by atoms with Crippen LogP contribution in [0.15, 0.2) is 48.9 Å². The van der Waals surface area contributed by atoms with Crippen molar-refractivity contribution >= 4 is 37.6 Å². The van der Waals surface area contributed by atoms with Gasteiger partial charge in [0.25, 0.3) is 0 Å². The number of H-pyrrole nitrogens is 1. The molecule has 0 fully saturated rings. The highest BCUT2D eigenvalue weighted by Crippen LogP contribution is 2.43. The summed E-state index contributed by atoms with van der Waals surface area (Å²) in [5, 5.41) is 1.03. The molecule has 7 heteroatoms. The Morgan fingerprint density at radius 1 is 1.17 bits per heavy atom. The van der Waals surface area contributed by atoms with Crippen molar-refractivity contribution in [2.45, 2.75) is 32.1 Å². The number of para-hydroxylation sites is 1. The molecule has 2 aromatic carbocycles. The molecule has 0 saturated heterocycles. The molecule has 2 N–H and O–H groups in total. The normalized spacial score (nSPS) is 12.7. The summed E-state index contributed by atoms with van der Waals surface area (Å²) in [6, 6.07) is 12.2. The van der Waals surface area contributed by atoms with Crippen LogP contribution in [0.4, 0.5) is 5.69 Å². The molecule has 0 radical (unpaired) electrons. The van der Waals surface area contributed by atoms with Gasteiger partial charge in [-0.25, -0.2) is 13.4 Å². The zero-order chi connectivity index (χ0) is 20.8. The zero-order valence-electron chi connectivity index (χ0n) is 17.2. The van der Waals surface area contributed by atoms with Crippen LogP contribution in [0.1, 0.15) is 37.8 Å². The Bertz CT molecular complexity index is 1300. The number of fused-ring (bicyclic) bond motifs is 2. The number of rotatable bonds is 6. The van der Waals surface area contributed by atoms with Crippen LogP contribution in [0.25, 0.3) is 21.9 Å². The largest absolute Gasteiger partial charge is 0.359 e. The maximum atomic E-state index is 11.8. The van der Waals surface area contributed by atoms with Gasteiger partial charge in [0, 0.05) is 24.0 Å². The summed E-state index contributed by atoms with van der Waals surface area (Å²) in [7, 11) is -1.36. The number of anilines is 1. The number of aromatic nitrogens is 3. The lowest BCUT2D eigenvalue weighted by atomic mass is 9.70. The molecule has 6 nitrogen and oxygen atoms in total. The summed E-state index contributed by atoms with van der Waals surface area (Å²) < 4.78 is 28.2. The smallest absolute Gasteiger partial charge is 0.229 e. The van der Waals surface area contributed by atoms with E-state index in [2.05, 4.69) is 46.7 Å². The molecule has 0 atom stereocenters.